The molecule has 2 amide bonds. The molecule has 0 radical (unpaired) electrons. The van der Waals surface area contributed by atoms with E-state index in [-0.39, 0.29) is 11.8 Å². The second-order valence-corrected chi connectivity index (χ2v) is 8.77. The van der Waals surface area contributed by atoms with Crippen LogP contribution in [0.3, 0.4) is 0 Å². The van der Waals surface area contributed by atoms with Gasteiger partial charge in [0.15, 0.2) is 0 Å². The first-order valence-corrected chi connectivity index (χ1v) is 11.8. The zero-order chi connectivity index (χ0) is 21.2. The van der Waals surface area contributed by atoms with Crippen molar-refractivity contribution in [1.82, 2.24) is 15.1 Å². The molecule has 1 aromatic rings. The monoisotopic (exact) mass is 435 g/mol. The molecule has 0 saturated carbocycles. The molecule has 0 aliphatic carbocycles. The summed E-state index contributed by atoms with van der Waals surface area (Å²) in [5, 5.41) is 2.92. The molecule has 1 unspecified atom stereocenters. The Balaban J connectivity index is 1.45. The molecule has 1 aromatic carbocycles. The van der Waals surface area contributed by atoms with Crippen LogP contribution < -0.4 is 5.32 Å². The number of amides is 2. The van der Waals surface area contributed by atoms with Gasteiger partial charge in [-0.1, -0.05) is 12.1 Å². The highest BCUT2D eigenvalue weighted by Gasteiger charge is 2.25. The number of ether oxygens (including phenoxy) is 2. The molecule has 2 aliphatic rings. The zero-order valence-electron chi connectivity index (χ0n) is 17.8. The highest BCUT2D eigenvalue weighted by molar-refractivity contribution is 7.99. The summed E-state index contributed by atoms with van der Waals surface area (Å²) in [5.74, 6) is 0.994. The fraction of sp³-hybridized carbons (Fsp3) is 0.636. The van der Waals surface area contributed by atoms with Gasteiger partial charge in [0.2, 0.25) is 5.91 Å². The van der Waals surface area contributed by atoms with Crippen LogP contribution in [-0.2, 0) is 14.3 Å². The Morgan fingerprint density at radius 3 is 2.77 bits per heavy atom. The predicted molar refractivity (Wildman–Crippen MR) is 118 cm³/mol. The third-order valence-corrected chi connectivity index (χ3v) is 6.65. The van der Waals surface area contributed by atoms with E-state index in [0.717, 1.165) is 42.1 Å². The SMILES string of the molecule is COCCCNC(=O)CN1CCN(C(=O)c2ccccc2SCC2CCCO2)CC1. The van der Waals surface area contributed by atoms with E-state index < -0.39 is 0 Å². The Labute approximate surface area is 183 Å². The summed E-state index contributed by atoms with van der Waals surface area (Å²) >= 11 is 1.71. The lowest BCUT2D eigenvalue weighted by Crippen LogP contribution is -2.51. The van der Waals surface area contributed by atoms with Crippen molar-refractivity contribution in [3.8, 4) is 0 Å². The standard InChI is InChI=1S/C22H33N3O4S/c1-28-14-5-9-23-21(26)16-24-10-12-25(13-11-24)22(27)19-7-2-3-8-20(19)30-17-18-6-4-15-29-18/h2-3,7-8,18H,4-6,9-17H2,1H3,(H,23,26). The number of nitrogens with zero attached hydrogens (tertiary/aromatic N) is 2. The van der Waals surface area contributed by atoms with Crippen LogP contribution in [0.25, 0.3) is 0 Å². The summed E-state index contributed by atoms with van der Waals surface area (Å²) in [5.41, 5.74) is 0.768. The van der Waals surface area contributed by atoms with Crippen LogP contribution in [0.1, 0.15) is 29.6 Å². The molecular formula is C22H33N3O4S. The van der Waals surface area contributed by atoms with E-state index in [0.29, 0.717) is 52.0 Å². The Bertz CT molecular complexity index is 689. The lowest BCUT2D eigenvalue weighted by atomic mass is 10.2. The molecule has 2 fully saturated rings. The van der Waals surface area contributed by atoms with Crippen LogP contribution in [0.2, 0.25) is 0 Å². The van der Waals surface area contributed by atoms with Crippen molar-refractivity contribution in [3.05, 3.63) is 29.8 Å². The molecule has 2 heterocycles. The van der Waals surface area contributed by atoms with Gasteiger partial charge in [-0.15, -0.1) is 11.8 Å². The van der Waals surface area contributed by atoms with E-state index in [4.69, 9.17) is 9.47 Å². The molecule has 8 heteroatoms. The smallest absolute Gasteiger partial charge is 0.255 e. The molecule has 0 bridgehead atoms. The third-order valence-electron chi connectivity index (χ3n) is 5.44. The highest BCUT2D eigenvalue weighted by Crippen LogP contribution is 2.27. The van der Waals surface area contributed by atoms with E-state index in [1.165, 1.54) is 0 Å². The molecule has 1 N–H and O–H groups in total. The maximum absolute atomic E-state index is 13.1. The number of carbonyl (C=O) groups is 2. The minimum absolute atomic E-state index is 0.0294. The third kappa shape index (κ3) is 6.97. The highest BCUT2D eigenvalue weighted by atomic mass is 32.2. The predicted octanol–water partition coefficient (Wildman–Crippen LogP) is 1.87. The molecule has 30 heavy (non-hydrogen) atoms. The van der Waals surface area contributed by atoms with Gasteiger partial charge in [-0.25, -0.2) is 0 Å². The van der Waals surface area contributed by atoms with Crippen molar-refractivity contribution in [2.75, 3.05) is 65.3 Å². The van der Waals surface area contributed by atoms with Crippen LogP contribution in [0.5, 0.6) is 0 Å². The van der Waals surface area contributed by atoms with Crippen LogP contribution in [-0.4, -0.2) is 93.1 Å². The van der Waals surface area contributed by atoms with Crippen molar-refractivity contribution in [2.24, 2.45) is 0 Å². The van der Waals surface area contributed by atoms with Crippen LogP contribution in [0.15, 0.2) is 29.2 Å². The largest absolute Gasteiger partial charge is 0.385 e. The fourth-order valence-corrected chi connectivity index (χ4v) is 4.82. The average Bonchev–Trinajstić information content (AvgIpc) is 3.29. The fourth-order valence-electron chi connectivity index (χ4n) is 3.71. The van der Waals surface area contributed by atoms with Crippen molar-refractivity contribution in [3.63, 3.8) is 0 Å². The number of hydrogen-bond acceptors (Lipinski definition) is 6. The Morgan fingerprint density at radius 2 is 2.03 bits per heavy atom. The van der Waals surface area contributed by atoms with Gasteiger partial charge >= 0.3 is 0 Å². The molecule has 166 valence electrons. The molecule has 0 aromatic heterocycles. The van der Waals surface area contributed by atoms with Crippen molar-refractivity contribution >= 4 is 23.6 Å². The van der Waals surface area contributed by atoms with Gasteiger partial charge in [0.25, 0.3) is 5.91 Å². The summed E-state index contributed by atoms with van der Waals surface area (Å²) in [6.07, 6.45) is 3.34. The summed E-state index contributed by atoms with van der Waals surface area (Å²) in [7, 11) is 1.66. The first kappa shape index (κ1) is 23.1. The van der Waals surface area contributed by atoms with Gasteiger partial charge in [-0.3, -0.25) is 14.5 Å². The molecule has 1 atom stereocenters. The van der Waals surface area contributed by atoms with Crippen LogP contribution in [0.4, 0.5) is 0 Å². The van der Waals surface area contributed by atoms with Crippen molar-refractivity contribution in [2.45, 2.75) is 30.3 Å². The quantitative estimate of drug-likeness (QED) is 0.447. The second-order valence-electron chi connectivity index (χ2n) is 7.71. The Hall–Kier alpha value is -1.61. The van der Waals surface area contributed by atoms with Gasteiger partial charge in [-0.05, 0) is 31.4 Å². The number of thioether (sulfide) groups is 1. The second kappa shape index (κ2) is 12.3. The number of rotatable bonds is 10. The topological polar surface area (TPSA) is 71.1 Å². The van der Waals surface area contributed by atoms with E-state index in [9.17, 15) is 9.59 Å². The number of methoxy groups -OCH3 is 1. The van der Waals surface area contributed by atoms with Crippen LogP contribution >= 0.6 is 11.8 Å². The molecular weight excluding hydrogens is 402 g/mol. The van der Waals surface area contributed by atoms with Crippen LogP contribution in [0, 0.1) is 0 Å². The zero-order valence-corrected chi connectivity index (χ0v) is 18.6. The average molecular weight is 436 g/mol. The minimum Gasteiger partial charge on any atom is -0.385 e. The number of nitrogens with one attached hydrogen (secondary N) is 1. The Kier molecular flexibility index (Phi) is 9.45. The van der Waals surface area contributed by atoms with Gasteiger partial charge in [0.05, 0.1) is 18.2 Å². The summed E-state index contributed by atoms with van der Waals surface area (Å²) in [6.45, 7) is 5.20. The number of piperazine rings is 1. The summed E-state index contributed by atoms with van der Waals surface area (Å²) in [4.78, 5) is 30.2. The first-order valence-electron chi connectivity index (χ1n) is 10.8. The first-order chi connectivity index (χ1) is 14.7. The molecule has 7 nitrogen and oxygen atoms in total. The molecule has 2 aliphatic heterocycles. The van der Waals surface area contributed by atoms with E-state index in [1.54, 1.807) is 18.9 Å². The van der Waals surface area contributed by atoms with Gasteiger partial charge < -0.3 is 19.7 Å². The van der Waals surface area contributed by atoms with E-state index in [1.807, 2.05) is 29.2 Å². The summed E-state index contributed by atoms with van der Waals surface area (Å²) < 4.78 is 10.7. The Morgan fingerprint density at radius 1 is 1.23 bits per heavy atom. The lowest BCUT2D eigenvalue weighted by molar-refractivity contribution is -0.122. The van der Waals surface area contributed by atoms with Gasteiger partial charge in [-0.2, -0.15) is 0 Å². The maximum atomic E-state index is 13.1. The minimum atomic E-state index is 0.0294. The number of carbonyl (C=O) groups excluding carboxylic acids is 2. The molecule has 2 saturated heterocycles. The van der Waals surface area contributed by atoms with Crippen molar-refractivity contribution < 1.29 is 19.1 Å². The lowest BCUT2D eigenvalue weighted by Gasteiger charge is -2.34. The molecule has 0 spiro atoms. The summed E-state index contributed by atoms with van der Waals surface area (Å²) in [6, 6.07) is 7.85. The molecule has 3 rings (SSSR count). The van der Waals surface area contributed by atoms with Gasteiger partial charge in [0, 0.05) is 63.7 Å². The normalized spacial score (nSPS) is 19.8. The number of hydrogen-bond donors (Lipinski definition) is 1. The van der Waals surface area contributed by atoms with Crippen molar-refractivity contribution in [1.29, 1.82) is 0 Å². The maximum Gasteiger partial charge on any atom is 0.255 e. The van der Waals surface area contributed by atoms with E-state index in [2.05, 4.69) is 10.2 Å². The van der Waals surface area contributed by atoms with E-state index >= 15 is 0 Å². The number of benzene rings is 1. The van der Waals surface area contributed by atoms with Gasteiger partial charge in [0.1, 0.15) is 0 Å².